The number of phenolic OH excluding ortho intramolecular Hbond substituents is 1. The summed E-state index contributed by atoms with van der Waals surface area (Å²) in [7, 11) is 1.50. The van der Waals surface area contributed by atoms with E-state index >= 15 is 0 Å². The second-order valence-electron chi connectivity index (χ2n) is 2.89. The first-order valence-electron chi connectivity index (χ1n) is 4.07. The van der Waals surface area contributed by atoms with Crippen LogP contribution in [0.3, 0.4) is 0 Å². The minimum Gasteiger partial charge on any atom is -0.504 e. The first-order valence-corrected chi connectivity index (χ1v) is 4.07. The summed E-state index contributed by atoms with van der Waals surface area (Å²) in [5, 5.41) is 9.54. The average molecular weight is 215 g/mol. The topological polar surface area (TPSA) is 51.1 Å². The van der Waals surface area contributed by atoms with Gasteiger partial charge in [0.1, 0.15) is 0 Å². The standard InChI is InChI=1S/C9H7F2NO3/c1-12-4-5-2-3-6-8(7(5)13)15-9(10,11)14-6/h2-4,13H,1H3/b12-4+. The van der Waals surface area contributed by atoms with Gasteiger partial charge in [0, 0.05) is 18.8 Å². The van der Waals surface area contributed by atoms with E-state index in [1.807, 2.05) is 0 Å². The number of aliphatic imine (C=N–C) groups is 1. The molecule has 0 bridgehead atoms. The molecule has 0 radical (unpaired) electrons. The van der Waals surface area contributed by atoms with Gasteiger partial charge in [-0.25, -0.2) is 0 Å². The summed E-state index contributed by atoms with van der Waals surface area (Å²) >= 11 is 0. The number of phenols is 1. The van der Waals surface area contributed by atoms with E-state index in [-0.39, 0.29) is 17.1 Å². The normalized spacial score (nSPS) is 17.3. The second kappa shape index (κ2) is 3.08. The zero-order chi connectivity index (χ0) is 11.1. The van der Waals surface area contributed by atoms with Crippen LogP contribution in [0.4, 0.5) is 8.78 Å². The van der Waals surface area contributed by atoms with Crippen LogP contribution in [0.5, 0.6) is 17.2 Å². The molecule has 1 aliphatic heterocycles. The van der Waals surface area contributed by atoms with E-state index in [1.54, 1.807) is 0 Å². The Kier molecular flexibility index (Phi) is 1.99. The molecule has 1 aromatic rings. The lowest BCUT2D eigenvalue weighted by Gasteiger charge is -2.05. The third-order valence-electron chi connectivity index (χ3n) is 1.84. The molecule has 4 nitrogen and oxygen atoms in total. The number of hydrogen-bond donors (Lipinski definition) is 1. The molecule has 2 rings (SSSR count). The number of aromatic hydroxyl groups is 1. The minimum atomic E-state index is -3.72. The van der Waals surface area contributed by atoms with E-state index in [9.17, 15) is 13.9 Å². The molecule has 0 saturated heterocycles. The van der Waals surface area contributed by atoms with Gasteiger partial charge in [0.05, 0.1) is 0 Å². The van der Waals surface area contributed by atoms with Crippen molar-refractivity contribution in [1.29, 1.82) is 0 Å². The van der Waals surface area contributed by atoms with Gasteiger partial charge in [-0.05, 0) is 12.1 Å². The molecule has 6 heteroatoms. The zero-order valence-electron chi connectivity index (χ0n) is 7.70. The van der Waals surface area contributed by atoms with Crippen molar-refractivity contribution in [3.05, 3.63) is 17.7 Å². The minimum absolute atomic E-state index is 0.189. The maximum atomic E-state index is 12.6. The number of halogens is 2. The van der Waals surface area contributed by atoms with Gasteiger partial charge in [-0.1, -0.05) is 0 Å². The van der Waals surface area contributed by atoms with Gasteiger partial charge in [0.25, 0.3) is 0 Å². The van der Waals surface area contributed by atoms with E-state index in [2.05, 4.69) is 14.5 Å². The van der Waals surface area contributed by atoms with E-state index in [0.29, 0.717) is 0 Å². The SMILES string of the molecule is C/N=C/c1ccc2c(c1O)OC(F)(F)O2. The zero-order valence-corrected chi connectivity index (χ0v) is 7.70. The Bertz CT molecular complexity index is 432. The fourth-order valence-electron chi connectivity index (χ4n) is 1.26. The third-order valence-corrected chi connectivity index (χ3v) is 1.84. The van der Waals surface area contributed by atoms with Crippen LogP contribution >= 0.6 is 0 Å². The molecular formula is C9H7F2NO3. The highest BCUT2D eigenvalue weighted by molar-refractivity contribution is 5.85. The van der Waals surface area contributed by atoms with Crippen LogP contribution in [0.1, 0.15) is 5.56 Å². The predicted molar refractivity (Wildman–Crippen MR) is 47.8 cm³/mol. The maximum absolute atomic E-state index is 12.6. The van der Waals surface area contributed by atoms with Gasteiger partial charge in [0.15, 0.2) is 11.5 Å². The van der Waals surface area contributed by atoms with Crippen molar-refractivity contribution in [3.8, 4) is 17.2 Å². The molecule has 1 aliphatic rings. The van der Waals surface area contributed by atoms with Crippen molar-refractivity contribution in [2.45, 2.75) is 6.29 Å². The molecule has 1 heterocycles. The van der Waals surface area contributed by atoms with E-state index in [4.69, 9.17) is 0 Å². The van der Waals surface area contributed by atoms with Gasteiger partial charge in [-0.3, -0.25) is 4.99 Å². The number of alkyl halides is 2. The van der Waals surface area contributed by atoms with Gasteiger partial charge in [-0.2, -0.15) is 0 Å². The molecular weight excluding hydrogens is 208 g/mol. The van der Waals surface area contributed by atoms with Crippen LogP contribution in [-0.4, -0.2) is 24.7 Å². The van der Waals surface area contributed by atoms with Crippen molar-refractivity contribution < 1.29 is 23.4 Å². The average Bonchev–Trinajstić information content (AvgIpc) is 2.46. The van der Waals surface area contributed by atoms with Gasteiger partial charge < -0.3 is 14.6 Å². The van der Waals surface area contributed by atoms with Crippen LogP contribution in [0.2, 0.25) is 0 Å². The monoisotopic (exact) mass is 215 g/mol. The quantitative estimate of drug-likeness (QED) is 0.726. The number of fused-ring (bicyclic) bond motifs is 1. The Balaban J connectivity index is 2.48. The van der Waals surface area contributed by atoms with E-state index < -0.39 is 12.0 Å². The van der Waals surface area contributed by atoms with Gasteiger partial charge >= 0.3 is 6.29 Å². The Labute approximate surface area is 83.8 Å². The third kappa shape index (κ3) is 1.58. The number of hydrogen-bond acceptors (Lipinski definition) is 4. The Hall–Kier alpha value is -1.85. The molecule has 0 amide bonds. The van der Waals surface area contributed by atoms with Crippen molar-refractivity contribution in [2.75, 3.05) is 7.05 Å². The molecule has 80 valence electrons. The lowest BCUT2D eigenvalue weighted by molar-refractivity contribution is -0.287. The van der Waals surface area contributed by atoms with Crippen LogP contribution < -0.4 is 9.47 Å². The molecule has 1 aromatic carbocycles. The summed E-state index contributed by atoms with van der Waals surface area (Å²) in [4.78, 5) is 3.66. The largest absolute Gasteiger partial charge is 0.586 e. The molecule has 0 saturated carbocycles. The van der Waals surface area contributed by atoms with E-state index in [1.165, 1.54) is 25.4 Å². The van der Waals surface area contributed by atoms with Crippen molar-refractivity contribution in [1.82, 2.24) is 0 Å². The summed E-state index contributed by atoms with van der Waals surface area (Å²) in [6.07, 6.45) is -2.39. The Morgan fingerprint density at radius 3 is 2.80 bits per heavy atom. The molecule has 1 N–H and O–H groups in total. The van der Waals surface area contributed by atoms with Crippen molar-refractivity contribution in [3.63, 3.8) is 0 Å². The van der Waals surface area contributed by atoms with Gasteiger partial charge in [0.2, 0.25) is 5.75 Å². The molecule has 0 unspecified atom stereocenters. The molecule has 0 fully saturated rings. The first kappa shape index (κ1) is 9.70. The van der Waals surface area contributed by atoms with Crippen molar-refractivity contribution in [2.24, 2.45) is 4.99 Å². The Morgan fingerprint density at radius 2 is 2.13 bits per heavy atom. The number of benzene rings is 1. The van der Waals surface area contributed by atoms with Crippen LogP contribution in [0.25, 0.3) is 0 Å². The molecule has 0 atom stereocenters. The van der Waals surface area contributed by atoms with Gasteiger partial charge in [-0.15, -0.1) is 8.78 Å². The summed E-state index contributed by atoms with van der Waals surface area (Å²) in [6.45, 7) is 0. The Morgan fingerprint density at radius 1 is 1.40 bits per heavy atom. The number of nitrogens with zero attached hydrogens (tertiary/aromatic N) is 1. The number of ether oxygens (including phenoxy) is 2. The second-order valence-corrected chi connectivity index (χ2v) is 2.89. The summed E-state index contributed by atoms with van der Waals surface area (Å²) in [5.74, 6) is -0.960. The van der Waals surface area contributed by atoms with E-state index in [0.717, 1.165) is 0 Å². The smallest absolute Gasteiger partial charge is 0.504 e. The molecule has 0 aliphatic carbocycles. The number of rotatable bonds is 1. The molecule has 0 spiro atoms. The summed E-state index contributed by atoms with van der Waals surface area (Å²) in [6, 6.07) is 2.69. The van der Waals surface area contributed by atoms with Crippen LogP contribution in [-0.2, 0) is 0 Å². The summed E-state index contributed by atoms with van der Waals surface area (Å²) < 4.78 is 33.6. The fourth-order valence-corrected chi connectivity index (χ4v) is 1.26. The fraction of sp³-hybridized carbons (Fsp3) is 0.222. The highest BCUT2D eigenvalue weighted by atomic mass is 19.3. The lowest BCUT2D eigenvalue weighted by atomic mass is 10.2. The maximum Gasteiger partial charge on any atom is 0.586 e. The molecule has 15 heavy (non-hydrogen) atoms. The van der Waals surface area contributed by atoms with Crippen LogP contribution in [0, 0.1) is 0 Å². The lowest BCUT2D eigenvalue weighted by Crippen LogP contribution is -2.25. The van der Waals surface area contributed by atoms with Crippen LogP contribution in [0.15, 0.2) is 17.1 Å². The first-order chi connectivity index (χ1) is 7.03. The highest BCUT2D eigenvalue weighted by Gasteiger charge is 2.45. The predicted octanol–water partition coefficient (Wildman–Crippen LogP) is 1.76. The summed E-state index contributed by atoms with van der Waals surface area (Å²) in [5.41, 5.74) is 0.289. The molecule has 0 aromatic heterocycles. The highest BCUT2D eigenvalue weighted by Crippen LogP contribution is 2.47. The van der Waals surface area contributed by atoms with Crippen molar-refractivity contribution >= 4 is 6.21 Å².